The lowest BCUT2D eigenvalue weighted by Crippen LogP contribution is -2.52. The number of nitrogens with zero attached hydrogens (tertiary/aromatic N) is 2. The Morgan fingerprint density at radius 1 is 0.950 bits per heavy atom. The van der Waals surface area contributed by atoms with E-state index in [4.69, 9.17) is 4.74 Å². The second-order valence-electron chi connectivity index (χ2n) is 10.1. The highest BCUT2D eigenvalue weighted by Gasteiger charge is 2.34. The van der Waals surface area contributed by atoms with E-state index in [1.807, 2.05) is 52.0 Å². The monoisotopic (exact) mass is 565 g/mol. The maximum absolute atomic E-state index is 14.1. The van der Waals surface area contributed by atoms with Crippen molar-refractivity contribution in [1.82, 2.24) is 10.2 Å². The van der Waals surface area contributed by atoms with E-state index < -0.39 is 28.5 Å². The van der Waals surface area contributed by atoms with Crippen molar-refractivity contribution < 1.29 is 22.7 Å². The summed E-state index contributed by atoms with van der Waals surface area (Å²) in [6, 6.07) is 21.5. The summed E-state index contributed by atoms with van der Waals surface area (Å²) in [7, 11) is -2.72. The minimum Gasteiger partial charge on any atom is -0.495 e. The lowest BCUT2D eigenvalue weighted by atomic mass is 10.1. The van der Waals surface area contributed by atoms with Crippen molar-refractivity contribution in [3.05, 3.63) is 90.0 Å². The van der Waals surface area contributed by atoms with Crippen molar-refractivity contribution in [2.24, 2.45) is 5.92 Å². The Morgan fingerprint density at radius 3 is 2.25 bits per heavy atom. The molecule has 3 rings (SSSR count). The molecule has 0 saturated heterocycles. The van der Waals surface area contributed by atoms with Crippen LogP contribution in [0.1, 0.15) is 38.3 Å². The molecule has 1 atom stereocenters. The summed E-state index contributed by atoms with van der Waals surface area (Å²) in [5.74, 6) is -0.230. The van der Waals surface area contributed by atoms with E-state index in [9.17, 15) is 18.0 Å². The lowest BCUT2D eigenvalue weighted by Gasteiger charge is -2.33. The quantitative estimate of drug-likeness (QED) is 0.322. The van der Waals surface area contributed by atoms with Gasteiger partial charge in [-0.2, -0.15) is 0 Å². The molecule has 0 heterocycles. The fraction of sp³-hybridized carbons (Fsp3) is 0.355. The minimum absolute atomic E-state index is 0.0423. The van der Waals surface area contributed by atoms with Gasteiger partial charge in [0, 0.05) is 13.1 Å². The van der Waals surface area contributed by atoms with Crippen LogP contribution >= 0.6 is 0 Å². The minimum atomic E-state index is -4.16. The number of aryl methyl sites for hydroxylation is 1. The SMILES string of the molecule is CC[C@@H](C(=O)NCC(C)C)N(Cc1cccc(C)c1)C(=O)CN(c1ccccc1OC)S(=O)(=O)c1ccccc1. The van der Waals surface area contributed by atoms with Crippen molar-refractivity contribution in [2.45, 2.75) is 51.6 Å². The van der Waals surface area contributed by atoms with Crippen molar-refractivity contribution in [3.8, 4) is 5.75 Å². The first-order chi connectivity index (χ1) is 19.1. The molecular formula is C31H39N3O5S. The number of anilines is 1. The number of carbonyl (C=O) groups excluding carboxylic acids is 2. The third-order valence-electron chi connectivity index (χ3n) is 6.47. The topological polar surface area (TPSA) is 96.0 Å². The molecule has 0 aliphatic rings. The van der Waals surface area contributed by atoms with Crippen molar-refractivity contribution >= 4 is 27.5 Å². The van der Waals surface area contributed by atoms with Crippen LogP contribution in [0, 0.1) is 12.8 Å². The zero-order valence-electron chi connectivity index (χ0n) is 23.8. The number of ether oxygens (including phenoxy) is 1. The number of benzene rings is 3. The summed E-state index contributed by atoms with van der Waals surface area (Å²) in [5, 5.41) is 2.94. The molecule has 3 aromatic carbocycles. The summed E-state index contributed by atoms with van der Waals surface area (Å²) in [6.07, 6.45) is 0.363. The zero-order chi connectivity index (χ0) is 29.3. The van der Waals surface area contributed by atoms with Gasteiger partial charge in [-0.3, -0.25) is 13.9 Å². The summed E-state index contributed by atoms with van der Waals surface area (Å²) in [4.78, 5) is 29.0. The average molecular weight is 566 g/mol. The van der Waals surface area contributed by atoms with Gasteiger partial charge >= 0.3 is 0 Å². The van der Waals surface area contributed by atoms with Gasteiger partial charge in [0.05, 0.1) is 17.7 Å². The van der Waals surface area contributed by atoms with Gasteiger partial charge in [-0.25, -0.2) is 8.42 Å². The molecule has 0 saturated carbocycles. The third kappa shape index (κ3) is 7.63. The van der Waals surface area contributed by atoms with Crippen LogP contribution in [0.2, 0.25) is 0 Å². The molecule has 2 amide bonds. The van der Waals surface area contributed by atoms with Gasteiger partial charge in [0.15, 0.2) is 0 Å². The Kier molecular flexibility index (Phi) is 10.7. The van der Waals surface area contributed by atoms with E-state index in [0.29, 0.717) is 18.7 Å². The molecule has 9 heteroatoms. The van der Waals surface area contributed by atoms with Gasteiger partial charge < -0.3 is 15.0 Å². The molecule has 214 valence electrons. The summed E-state index contributed by atoms with van der Waals surface area (Å²) in [6.45, 7) is 7.90. The molecule has 0 aliphatic carbocycles. The molecule has 0 spiro atoms. The van der Waals surface area contributed by atoms with E-state index in [1.54, 1.807) is 42.5 Å². The van der Waals surface area contributed by atoms with Gasteiger partial charge in [-0.1, -0.05) is 80.9 Å². The summed E-state index contributed by atoms with van der Waals surface area (Å²) < 4.78 is 34.4. The molecule has 40 heavy (non-hydrogen) atoms. The summed E-state index contributed by atoms with van der Waals surface area (Å²) in [5.41, 5.74) is 2.10. The van der Waals surface area contributed by atoms with Gasteiger partial charge in [-0.15, -0.1) is 0 Å². The highest BCUT2D eigenvalue weighted by molar-refractivity contribution is 7.92. The van der Waals surface area contributed by atoms with Gasteiger partial charge in [0.1, 0.15) is 18.3 Å². The largest absolute Gasteiger partial charge is 0.495 e. The molecule has 0 aliphatic heterocycles. The second-order valence-corrected chi connectivity index (χ2v) is 11.9. The number of methoxy groups -OCH3 is 1. The highest BCUT2D eigenvalue weighted by Crippen LogP contribution is 2.32. The molecular weight excluding hydrogens is 526 g/mol. The van der Waals surface area contributed by atoms with E-state index in [2.05, 4.69) is 5.32 Å². The lowest BCUT2D eigenvalue weighted by molar-refractivity contribution is -0.140. The highest BCUT2D eigenvalue weighted by atomic mass is 32.2. The first-order valence-corrected chi connectivity index (χ1v) is 14.9. The molecule has 1 N–H and O–H groups in total. The Balaban J connectivity index is 2.07. The number of hydrogen-bond acceptors (Lipinski definition) is 5. The number of sulfonamides is 1. The molecule has 0 fully saturated rings. The molecule has 0 aromatic heterocycles. The van der Waals surface area contributed by atoms with E-state index in [0.717, 1.165) is 15.4 Å². The smallest absolute Gasteiger partial charge is 0.264 e. The standard InChI is InChI=1S/C31H39N3O5S/c1-6-27(31(36)32-20-23(2)3)33(21-25-14-12-13-24(4)19-25)30(35)22-34(28-17-10-11-18-29(28)39-5)40(37,38)26-15-8-7-9-16-26/h7-19,23,27H,6,20-22H2,1-5H3,(H,32,36)/t27-/m0/s1. The van der Waals surface area contributed by atoms with Crippen LogP contribution in [0.25, 0.3) is 0 Å². The van der Waals surface area contributed by atoms with Crippen LogP contribution in [0.4, 0.5) is 5.69 Å². The van der Waals surface area contributed by atoms with E-state index in [-0.39, 0.29) is 29.0 Å². The molecule has 8 nitrogen and oxygen atoms in total. The number of amides is 2. The first-order valence-electron chi connectivity index (χ1n) is 13.4. The van der Waals surface area contributed by atoms with E-state index in [1.165, 1.54) is 24.1 Å². The number of para-hydroxylation sites is 2. The van der Waals surface area contributed by atoms with Crippen LogP contribution in [-0.4, -0.2) is 51.4 Å². The fourth-order valence-corrected chi connectivity index (χ4v) is 5.86. The maximum atomic E-state index is 14.1. The Hall–Kier alpha value is -3.85. The Morgan fingerprint density at radius 2 is 1.62 bits per heavy atom. The normalized spacial score (nSPS) is 12.1. The molecule has 0 radical (unpaired) electrons. The maximum Gasteiger partial charge on any atom is 0.264 e. The third-order valence-corrected chi connectivity index (χ3v) is 8.24. The van der Waals surface area contributed by atoms with Crippen molar-refractivity contribution in [3.63, 3.8) is 0 Å². The number of carbonyl (C=O) groups is 2. The summed E-state index contributed by atoms with van der Waals surface area (Å²) >= 11 is 0. The fourth-order valence-electron chi connectivity index (χ4n) is 4.42. The van der Waals surface area contributed by atoms with E-state index >= 15 is 0 Å². The second kappa shape index (κ2) is 14.0. The van der Waals surface area contributed by atoms with Gasteiger partial charge in [0.2, 0.25) is 11.8 Å². The van der Waals surface area contributed by atoms with Gasteiger partial charge in [0.25, 0.3) is 10.0 Å². The van der Waals surface area contributed by atoms with Crippen LogP contribution in [0.3, 0.4) is 0 Å². The Bertz CT molecular complexity index is 1390. The predicted molar refractivity (Wildman–Crippen MR) is 158 cm³/mol. The molecule has 0 bridgehead atoms. The van der Waals surface area contributed by atoms with Gasteiger partial charge in [-0.05, 0) is 49.1 Å². The predicted octanol–water partition coefficient (Wildman–Crippen LogP) is 4.78. The number of rotatable bonds is 13. The molecule has 0 unspecified atom stereocenters. The first kappa shape index (κ1) is 30.7. The van der Waals surface area contributed by atoms with Crippen LogP contribution in [0.5, 0.6) is 5.75 Å². The van der Waals surface area contributed by atoms with Crippen molar-refractivity contribution in [2.75, 3.05) is 24.5 Å². The Labute approximate surface area is 238 Å². The number of nitrogens with one attached hydrogen (secondary N) is 1. The van der Waals surface area contributed by atoms with Crippen LogP contribution in [-0.2, 0) is 26.2 Å². The molecule has 3 aromatic rings. The van der Waals surface area contributed by atoms with Crippen LogP contribution in [0.15, 0.2) is 83.8 Å². The average Bonchev–Trinajstić information content (AvgIpc) is 2.95. The number of hydrogen-bond donors (Lipinski definition) is 1. The zero-order valence-corrected chi connectivity index (χ0v) is 24.6. The van der Waals surface area contributed by atoms with Crippen molar-refractivity contribution in [1.29, 1.82) is 0 Å². The van der Waals surface area contributed by atoms with Crippen LogP contribution < -0.4 is 14.4 Å².